The van der Waals surface area contributed by atoms with Crippen LogP contribution in [0.25, 0.3) is 0 Å². The van der Waals surface area contributed by atoms with E-state index in [4.69, 9.17) is 5.11 Å². The first-order valence-corrected chi connectivity index (χ1v) is 8.29. The fourth-order valence-electron chi connectivity index (χ4n) is 2.07. The van der Waals surface area contributed by atoms with Crippen molar-refractivity contribution in [2.45, 2.75) is 84.0 Å². The van der Waals surface area contributed by atoms with Gasteiger partial charge in [0.1, 0.15) is 0 Å². The van der Waals surface area contributed by atoms with Crippen LogP contribution >= 0.6 is 0 Å². The van der Waals surface area contributed by atoms with Crippen LogP contribution < -0.4 is 0 Å². The van der Waals surface area contributed by atoms with E-state index >= 15 is 0 Å². The van der Waals surface area contributed by atoms with Gasteiger partial charge in [0.25, 0.3) is 0 Å². The van der Waals surface area contributed by atoms with Crippen LogP contribution in [0.3, 0.4) is 0 Å². The summed E-state index contributed by atoms with van der Waals surface area (Å²) in [4.78, 5) is 10.3. The van der Waals surface area contributed by atoms with Crippen LogP contribution in [-0.2, 0) is 4.79 Å². The van der Waals surface area contributed by atoms with E-state index in [2.05, 4.69) is 31.2 Å². The van der Waals surface area contributed by atoms with Crippen LogP contribution in [0, 0.1) is 0 Å². The van der Waals surface area contributed by atoms with Gasteiger partial charge in [-0.25, -0.2) is 0 Å². The fourth-order valence-corrected chi connectivity index (χ4v) is 2.07. The molecule has 0 saturated carbocycles. The van der Waals surface area contributed by atoms with Crippen molar-refractivity contribution in [3.63, 3.8) is 0 Å². The van der Waals surface area contributed by atoms with E-state index in [1.54, 1.807) is 0 Å². The molecule has 0 unspecified atom stereocenters. The van der Waals surface area contributed by atoms with Crippen LogP contribution in [-0.4, -0.2) is 11.1 Å². The summed E-state index contributed by atoms with van der Waals surface area (Å²) >= 11 is 0. The minimum absolute atomic E-state index is 0.320. The molecule has 116 valence electrons. The third kappa shape index (κ3) is 16.9. The largest absolute Gasteiger partial charge is 0.481 e. The van der Waals surface area contributed by atoms with Gasteiger partial charge in [-0.3, -0.25) is 4.79 Å². The molecule has 0 radical (unpaired) electrons. The van der Waals surface area contributed by atoms with Crippen LogP contribution in [0.1, 0.15) is 84.0 Å². The van der Waals surface area contributed by atoms with E-state index in [9.17, 15) is 4.79 Å². The number of hydrogen-bond donors (Lipinski definition) is 1. The molecule has 0 atom stereocenters. The molecule has 0 amide bonds. The Kier molecular flexibility index (Phi) is 15.2. The predicted octanol–water partition coefficient (Wildman–Crippen LogP) is 5.88. The van der Waals surface area contributed by atoms with Crippen molar-refractivity contribution in [3.8, 4) is 0 Å². The van der Waals surface area contributed by atoms with E-state index < -0.39 is 5.97 Å². The zero-order valence-electron chi connectivity index (χ0n) is 13.2. The number of aliphatic carboxylic acids is 1. The van der Waals surface area contributed by atoms with E-state index in [0.717, 1.165) is 38.5 Å². The highest BCUT2D eigenvalue weighted by atomic mass is 16.4. The summed E-state index contributed by atoms with van der Waals surface area (Å²) in [7, 11) is 0. The lowest BCUT2D eigenvalue weighted by Gasteiger charge is -1.96. The zero-order chi connectivity index (χ0) is 14.9. The van der Waals surface area contributed by atoms with Crippen LogP contribution in [0.15, 0.2) is 24.3 Å². The average molecular weight is 280 g/mol. The highest BCUT2D eigenvalue weighted by molar-refractivity contribution is 5.66. The summed E-state index contributed by atoms with van der Waals surface area (Å²) in [5.74, 6) is -0.673. The summed E-state index contributed by atoms with van der Waals surface area (Å²) in [6, 6.07) is 0. The molecule has 0 heterocycles. The SMILES string of the molecule is CCCCCC=CCC/C=C/CCCCCCC(=O)O. The smallest absolute Gasteiger partial charge is 0.303 e. The summed E-state index contributed by atoms with van der Waals surface area (Å²) in [5.41, 5.74) is 0. The highest BCUT2D eigenvalue weighted by Gasteiger charge is 1.95. The summed E-state index contributed by atoms with van der Waals surface area (Å²) in [6.07, 6.45) is 22.3. The fraction of sp³-hybridized carbons (Fsp3) is 0.722. The van der Waals surface area contributed by atoms with Gasteiger partial charge in [0.2, 0.25) is 0 Å². The Morgan fingerprint density at radius 3 is 1.80 bits per heavy atom. The third-order valence-corrected chi connectivity index (χ3v) is 3.32. The minimum atomic E-state index is -0.673. The lowest BCUT2D eigenvalue weighted by molar-refractivity contribution is -0.137. The second-order valence-electron chi connectivity index (χ2n) is 5.36. The lowest BCUT2D eigenvalue weighted by atomic mass is 10.1. The van der Waals surface area contributed by atoms with Crippen molar-refractivity contribution in [1.82, 2.24) is 0 Å². The van der Waals surface area contributed by atoms with Gasteiger partial charge in [-0.2, -0.15) is 0 Å². The maximum absolute atomic E-state index is 10.3. The van der Waals surface area contributed by atoms with E-state index in [0.29, 0.717) is 6.42 Å². The first kappa shape index (κ1) is 18.9. The average Bonchev–Trinajstić information content (AvgIpc) is 2.43. The molecule has 0 bridgehead atoms. The lowest BCUT2D eigenvalue weighted by Crippen LogP contribution is -1.93. The van der Waals surface area contributed by atoms with Crippen LogP contribution in [0.5, 0.6) is 0 Å². The van der Waals surface area contributed by atoms with Gasteiger partial charge >= 0.3 is 5.97 Å². The van der Waals surface area contributed by atoms with Crippen molar-refractivity contribution in [1.29, 1.82) is 0 Å². The molecular formula is C18H32O2. The van der Waals surface area contributed by atoms with E-state index in [1.807, 2.05) is 0 Å². The Morgan fingerprint density at radius 1 is 0.750 bits per heavy atom. The highest BCUT2D eigenvalue weighted by Crippen LogP contribution is 2.06. The van der Waals surface area contributed by atoms with Crippen molar-refractivity contribution in [2.75, 3.05) is 0 Å². The molecule has 2 nitrogen and oxygen atoms in total. The predicted molar refractivity (Wildman–Crippen MR) is 87.0 cm³/mol. The van der Waals surface area contributed by atoms with Gasteiger partial charge in [0, 0.05) is 6.42 Å². The van der Waals surface area contributed by atoms with E-state index in [1.165, 1.54) is 32.1 Å². The molecule has 0 aliphatic rings. The van der Waals surface area contributed by atoms with Gasteiger partial charge in [-0.05, 0) is 44.9 Å². The number of rotatable bonds is 14. The Labute approximate surface area is 125 Å². The van der Waals surface area contributed by atoms with Crippen molar-refractivity contribution < 1.29 is 9.90 Å². The molecule has 0 aliphatic heterocycles. The molecule has 0 saturated heterocycles. The van der Waals surface area contributed by atoms with Gasteiger partial charge in [-0.1, -0.05) is 56.9 Å². The number of carbonyl (C=O) groups is 1. The maximum atomic E-state index is 10.3. The molecule has 0 aliphatic carbocycles. The summed E-state index contributed by atoms with van der Waals surface area (Å²) < 4.78 is 0. The van der Waals surface area contributed by atoms with Crippen LogP contribution in [0.4, 0.5) is 0 Å². The summed E-state index contributed by atoms with van der Waals surface area (Å²) in [6.45, 7) is 2.24. The molecule has 1 N–H and O–H groups in total. The summed E-state index contributed by atoms with van der Waals surface area (Å²) in [5, 5.41) is 8.50. The Hall–Kier alpha value is -1.05. The first-order chi connectivity index (χ1) is 9.77. The zero-order valence-corrected chi connectivity index (χ0v) is 13.2. The van der Waals surface area contributed by atoms with Crippen molar-refractivity contribution >= 4 is 5.97 Å². The molecule has 0 aromatic carbocycles. The monoisotopic (exact) mass is 280 g/mol. The molecule has 0 fully saturated rings. The minimum Gasteiger partial charge on any atom is -0.481 e. The third-order valence-electron chi connectivity index (χ3n) is 3.32. The molecule has 20 heavy (non-hydrogen) atoms. The molecule has 0 aromatic rings. The quantitative estimate of drug-likeness (QED) is 0.318. The van der Waals surface area contributed by atoms with Gasteiger partial charge < -0.3 is 5.11 Å². The molecular weight excluding hydrogens is 248 g/mol. The Bertz CT molecular complexity index is 267. The standard InChI is InChI=1S/C18H32O2/c1-2-3-4-5-6-7-8-9-10-11-12-13-14-15-16-17-18(19)20/h6-7,10-11H,2-5,8-9,12-17H2,1H3,(H,19,20)/b7-6?,11-10+. The van der Waals surface area contributed by atoms with Crippen LogP contribution in [0.2, 0.25) is 0 Å². The molecule has 0 rings (SSSR count). The van der Waals surface area contributed by atoms with Gasteiger partial charge in [-0.15, -0.1) is 0 Å². The number of carboxylic acids is 1. The van der Waals surface area contributed by atoms with Gasteiger partial charge in [0.15, 0.2) is 0 Å². The normalized spacial score (nSPS) is 11.7. The second-order valence-corrected chi connectivity index (χ2v) is 5.36. The Morgan fingerprint density at radius 2 is 1.25 bits per heavy atom. The Balaban J connectivity index is 3.18. The van der Waals surface area contributed by atoms with Crippen molar-refractivity contribution in [3.05, 3.63) is 24.3 Å². The van der Waals surface area contributed by atoms with Crippen molar-refractivity contribution in [2.24, 2.45) is 0 Å². The topological polar surface area (TPSA) is 37.3 Å². The molecule has 0 spiro atoms. The second kappa shape index (κ2) is 16.0. The number of carboxylic acid groups (broad SMARTS) is 1. The number of allylic oxidation sites excluding steroid dienone is 4. The van der Waals surface area contributed by atoms with E-state index in [-0.39, 0.29) is 0 Å². The number of unbranched alkanes of at least 4 members (excludes halogenated alkanes) is 8. The molecule has 2 heteroatoms. The molecule has 0 aromatic heterocycles. The first-order valence-electron chi connectivity index (χ1n) is 8.29. The van der Waals surface area contributed by atoms with Gasteiger partial charge in [0.05, 0.1) is 0 Å². The number of hydrogen-bond acceptors (Lipinski definition) is 1. The maximum Gasteiger partial charge on any atom is 0.303 e.